The molecule has 4 N–H and O–H groups in total. The minimum Gasteiger partial charge on any atom is -0.686 e. The zero-order valence-corrected chi connectivity index (χ0v) is 35.0. The van der Waals surface area contributed by atoms with E-state index in [2.05, 4.69) is 58.7 Å². The molecule has 1 saturated carbocycles. The van der Waals surface area contributed by atoms with Crippen LogP contribution in [0.15, 0.2) is 72.2 Å². The molecule has 2 aromatic carbocycles. The number of nitrogens with one attached hydrogen (secondary N) is 2. The number of carbonyl (C=O) groups is 1. The summed E-state index contributed by atoms with van der Waals surface area (Å²) in [7, 11) is 3.79. The summed E-state index contributed by atoms with van der Waals surface area (Å²) in [6.45, 7) is 8.39. The first-order valence-corrected chi connectivity index (χ1v) is 18.2. The van der Waals surface area contributed by atoms with Crippen molar-refractivity contribution < 1.29 is 56.2 Å². The summed E-state index contributed by atoms with van der Waals surface area (Å²) in [4.78, 5) is 37.1. The van der Waals surface area contributed by atoms with Gasteiger partial charge in [0, 0.05) is 53.6 Å². The number of rotatable bonds is 7. The number of imidazole rings is 1. The maximum atomic E-state index is 13.1. The van der Waals surface area contributed by atoms with Crippen LogP contribution in [0.3, 0.4) is 0 Å². The molecular weight excluding hydrogens is 690 g/mol. The Hall–Kier alpha value is -3.65. The average molecular weight is 740 g/mol. The Morgan fingerprint density at radius 2 is 1.75 bits per heavy atom. The molecule has 0 atom stereocenters. The molecule has 1 saturated heterocycles. The summed E-state index contributed by atoms with van der Waals surface area (Å²) < 4.78 is 3.88. The molecule has 5 aromatic rings. The first-order chi connectivity index (χ1) is 25.1. The van der Waals surface area contributed by atoms with E-state index in [0.717, 1.165) is 83.8 Å². The van der Waals surface area contributed by atoms with E-state index in [9.17, 15) is 9.59 Å². The molecule has 4 heterocycles. The number of nitrogens with two attached hydrogens (primary N) is 1. The van der Waals surface area contributed by atoms with E-state index in [0.29, 0.717) is 22.2 Å². The van der Waals surface area contributed by atoms with Crippen LogP contribution in [-0.4, -0.2) is 69.2 Å². The fourth-order valence-electron chi connectivity index (χ4n) is 7.38. The number of amides is 1. The number of hydrogen-bond acceptors (Lipinski definition) is 7. The fraction of sp³-hybridized carbons (Fsp3) is 0.390. The van der Waals surface area contributed by atoms with E-state index in [-0.39, 0.29) is 74.9 Å². The third-order valence-corrected chi connectivity index (χ3v) is 10.6. The van der Waals surface area contributed by atoms with Gasteiger partial charge in [0.15, 0.2) is 0 Å². The molecule has 7 rings (SSSR count). The Morgan fingerprint density at radius 3 is 2.43 bits per heavy atom. The fourth-order valence-corrected chi connectivity index (χ4v) is 7.38. The van der Waals surface area contributed by atoms with Crippen molar-refractivity contribution in [2.24, 2.45) is 11.7 Å². The molecule has 1 aliphatic heterocycles. The van der Waals surface area contributed by atoms with Crippen molar-refractivity contribution in [1.82, 2.24) is 29.2 Å². The topological polar surface area (TPSA) is 148 Å². The maximum absolute atomic E-state index is 13.1. The van der Waals surface area contributed by atoms with Gasteiger partial charge < -0.3 is 31.1 Å². The number of carbonyl (C=O) groups excluding carboxylic acids is 1. The normalized spacial score (nSPS) is 18.2. The van der Waals surface area contributed by atoms with Gasteiger partial charge in [0.2, 0.25) is 5.91 Å². The zero-order valence-electron chi connectivity index (χ0n) is 31.9. The van der Waals surface area contributed by atoms with Crippen molar-refractivity contribution in [3.05, 3.63) is 105 Å². The summed E-state index contributed by atoms with van der Waals surface area (Å²) in [6, 6.07) is 13.9. The molecule has 1 amide bonds. The van der Waals surface area contributed by atoms with Crippen LogP contribution >= 0.6 is 0 Å². The van der Waals surface area contributed by atoms with E-state index < -0.39 is 0 Å². The summed E-state index contributed by atoms with van der Waals surface area (Å²) in [6.07, 6.45) is 14.8. The minimum atomic E-state index is -0.0789. The van der Waals surface area contributed by atoms with Crippen LogP contribution in [0.5, 0.6) is 0 Å². The number of likely N-dealkylation sites (tertiary alicyclic amines) is 1. The SMILES string of the molecule is C[N-]c1cc(/C(C=N)=C/N)ccc1C(=O)NC1CCC(C)CC1.Cc1cn2cc(-c3ccc4c(=O)n(C5CCN(C)CC5)cnc4c3)c(C)cc2n1.[K+]. The quantitative estimate of drug-likeness (QED) is 0.169. The molecule has 2 fully saturated rings. The van der Waals surface area contributed by atoms with Crippen LogP contribution < -0.4 is 68.0 Å². The predicted molar refractivity (Wildman–Crippen MR) is 211 cm³/mol. The van der Waals surface area contributed by atoms with Gasteiger partial charge in [-0.25, -0.2) is 9.97 Å². The standard InChI is InChI=1S/C23H25N5O.C18H26N4O.K/c1-15-10-22-25-16(2)12-27(22)13-20(15)17-4-5-19-21(11-17)24-14-28(23(19)29)18-6-8-26(3)9-7-18;1-12-3-6-15(7-4-12)22-18(23)16-8-5-13(9-17(16)21-2)14(10-19)11-20;/h4-5,10-14,18H,6-9H2,1-3H3;5,8-12,15H,3-4,6-7H2,1-2H3,(H5,19,20,21,22,23);/q;;+1/p-1. The van der Waals surface area contributed by atoms with Crippen LogP contribution in [0.1, 0.15) is 78.7 Å². The number of aromatic nitrogens is 4. The van der Waals surface area contributed by atoms with Crippen molar-refractivity contribution in [2.45, 2.75) is 71.4 Å². The Morgan fingerprint density at radius 1 is 1.02 bits per heavy atom. The molecule has 0 radical (unpaired) electrons. The Labute approximate surface area is 354 Å². The number of hydrogen-bond donors (Lipinski definition) is 3. The molecule has 2 aliphatic rings. The van der Waals surface area contributed by atoms with Crippen molar-refractivity contribution in [3.63, 3.8) is 0 Å². The van der Waals surface area contributed by atoms with Crippen LogP contribution in [0.4, 0.5) is 5.69 Å². The van der Waals surface area contributed by atoms with Gasteiger partial charge in [-0.2, -0.15) is 0 Å². The van der Waals surface area contributed by atoms with Crippen molar-refractivity contribution >= 4 is 39.9 Å². The van der Waals surface area contributed by atoms with Gasteiger partial charge in [0.1, 0.15) is 5.65 Å². The van der Waals surface area contributed by atoms with Crippen LogP contribution in [-0.2, 0) is 0 Å². The Kier molecular flexibility index (Phi) is 13.9. The number of fused-ring (bicyclic) bond motifs is 2. The van der Waals surface area contributed by atoms with Gasteiger partial charge in [-0.05, 0) is 113 Å². The van der Waals surface area contributed by atoms with Gasteiger partial charge in [-0.3, -0.25) is 14.2 Å². The number of aryl methyl sites for hydroxylation is 2. The van der Waals surface area contributed by atoms with E-state index >= 15 is 0 Å². The van der Waals surface area contributed by atoms with Crippen molar-refractivity contribution in [1.29, 1.82) is 5.41 Å². The number of pyridine rings is 1. The van der Waals surface area contributed by atoms with E-state index in [1.54, 1.807) is 31.6 Å². The smallest absolute Gasteiger partial charge is 0.686 e. The largest absolute Gasteiger partial charge is 1.00 e. The van der Waals surface area contributed by atoms with Crippen LogP contribution in [0, 0.1) is 25.2 Å². The molecule has 0 unspecified atom stereocenters. The molecule has 3 aromatic heterocycles. The van der Waals surface area contributed by atoms with E-state index in [1.807, 2.05) is 40.3 Å². The van der Waals surface area contributed by atoms with Crippen molar-refractivity contribution in [3.8, 4) is 11.1 Å². The average Bonchev–Trinajstić information content (AvgIpc) is 3.52. The molecule has 0 spiro atoms. The molecule has 53 heavy (non-hydrogen) atoms. The number of benzene rings is 2. The second-order valence-corrected chi connectivity index (χ2v) is 14.4. The Bertz CT molecular complexity index is 2170. The van der Waals surface area contributed by atoms with Crippen LogP contribution in [0.2, 0.25) is 0 Å². The molecule has 12 heteroatoms. The molecule has 272 valence electrons. The van der Waals surface area contributed by atoms with Crippen LogP contribution in [0.25, 0.3) is 38.6 Å². The predicted octanol–water partition coefficient (Wildman–Crippen LogP) is 4.18. The van der Waals surface area contributed by atoms with E-state index in [1.165, 1.54) is 25.3 Å². The monoisotopic (exact) mass is 739 g/mol. The molecule has 1 aliphatic carbocycles. The maximum Gasteiger partial charge on any atom is 1.00 e. The van der Waals surface area contributed by atoms with Gasteiger partial charge in [-0.15, -0.1) is 12.7 Å². The zero-order chi connectivity index (χ0) is 36.9. The second kappa shape index (κ2) is 18.1. The first-order valence-electron chi connectivity index (χ1n) is 18.2. The molecular formula is C41H50KN9O2. The van der Waals surface area contributed by atoms with Gasteiger partial charge >= 0.3 is 51.4 Å². The molecule has 11 nitrogen and oxygen atoms in total. The number of nitrogens with zero attached hydrogens (tertiary/aromatic N) is 6. The first kappa shape index (κ1) is 40.5. The second-order valence-electron chi connectivity index (χ2n) is 14.4. The van der Waals surface area contributed by atoms with Gasteiger partial charge in [0.25, 0.3) is 5.56 Å². The third kappa shape index (κ3) is 9.36. The third-order valence-electron chi connectivity index (χ3n) is 10.6. The van der Waals surface area contributed by atoms with Gasteiger partial charge in [-0.1, -0.05) is 31.2 Å². The number of piperidine rings is 1. The minimum absolute atomic E-state index is 0. The van der Waals surface area contributed by atoms with E-state index in [4.69, 9.17) is 11.1 Å². The summed E-state index contributed by atoms with van der Waals surface area (Å²) in [5.41, 5.74) is 14.2. The van der Waals surface area contributed by atoms with Crippen molar-refractivity contribution in [2.75, 3.05) is 27.2 Å². The van der Waals surface area contributed by atoms with Gasteiger partial charge in [0.05, 0.1) is 22.9 Å². The summed E-state index contributed by atoms with van der Waals surface area (Å²) in [5.74, 6) is 0.677. The summed E-state index contributed by atoms with van der Waals surface area (Å²) >= 11 is 0. The number of allylic oxidation sites excluding steroid dienone is 1. The Balaban J connectivity index is 0.000000207. The summed E-state index contributed by atoms with van der Waals surface area (Å²) in [5, 5.41) is 15.4. The molecule has 0 bridgehead atoms.